The fraction of sp³-hybridized carbons (Fsp3) is 0.810. The molecule has 0 aliphatic heterocycles. The van der Waals surface area contributed by atoms with Crippen LogP contribution in [0, 0.1) is 62.6 Å². The van der Waals surface area contributed by atoms with E-state index in [4.69, 9.17) is 0 Å². The number of ketones is 4. The van der Waals surface area contributed by atoms with Crippen molar-refractivity contribution in [2.75, 3.05) is 13.2 Å². The molecule has 4 N–H and O–H groups in total. The zero-order valence-electron chi connectivity index (χ0n) is 30.6. The molecule has 8 heteroatoms. The van der Waals surface area contributed by atoms with Gasteiger partial charge in [0, 0.05) is 23.7 Å². The Bertz CT molecular complexity index is 1610. The van der Waals surface area contributed by atoms with Gasteiger partial charge < -0.3 is 20.4 Å². The van der Waals surface area contributed by atoms with Gasteiger partial charge in [0.05, 0.1) is 0 Å². The largest absolute Gasteiger partial charge is 0.388 e. The van der Waals surface area contributed by atoms with Crippen LogP contribution in [0.25, 0.3) is 0 Å². The number of Topliss-reactive ketones (excluding diaryl/α,β-unsaturated/α-hetero) is 2. The first kappa shape index (κ1) is 35.1. The monoisotopic (exact) mass is 690 g/mol. The van der Waals surface area contributed by atoms with Gasteiger partial charge >= 0.3 is 0 Å². The Labute approximate surface area is 296 Å². The Morgan fingerprint density at radius 2 is 1.22 bits per heavy atom. The van der Waals surface area contributed by atoms with Gasteiger partial charge in [-0.15, -0.1) is 0 Å². The zero-order valence-corrected chi connectivity index (χ0v) is 30.6. The fourth-order valence-electron chi connectivity index (χ4n) is 16.0. The highest BCUT2D eigenvalue weighted by Gasteiger charge is 2.75. The molecular formula is C42H58O8. The summed E-state index contributed by atoms with van der Waals surface area (Å²) in [6, 6.07) is 0. The number of allylic oxidation sites excluding steroid dienone is 2. The third kappa shape index (κ3) is 3.93. The van der Waals surface area contributed by atoms with Crippen LogP contribution in [0.4, 0.5) is 0 Å². The van der Waals surface area contributed by atoms with Crippen molar-refractivity contribution >= 4 is 23.1 Å². The van der Waals surface area contributed by atoms with Gasteiger partial charge in [-0.25, -0.2) is 0 Å². The van der Waals surface area contributed by atoms with Crippen LogP contribution in [0.1, 0.15) is 124 Å². The number of hydrogen-bond donors (Lipinski definition) is 4. The van der Waals surface area contributed by atoms with Gasteiger partial charge in [0.15, 0.2) is 23.1 Å². The topological polar surface area (TPSA) is 149 Å². The van der Waals surface area contributed by atoms with Gasteiger partial charge in [-0.2, -0.15) is 0 Å². The summed E-state index contributed by atoms with van der Waals surface area (Å²) >= 11 is 0. The molecule has 0 saturated heterocycles. The second kappa shape index (κ2) is 11.0. The van der Waals surface area contributed by atoms with Crippen LogP contribution in [0.2, 0.25) is 0 Å². The highest BCUT2D eigenvalue weighted by Crippen LogP contribution is 2.79. The first-order valence-corrected chi connectivity index (χ1v) is 19.7. The van der Waals surface area contributed by atoms with Gasteiger partial charge in [0.1, 0.15) is 24.4 Å². The smallest absolute Gasteiger partial charge is 0.190 e. The van der Waals surface area contributed by atoms with Gasteiger partial charge in [-0.3, -0.25) is 19.2 Å². The summed E-state index contributed by atoms with van der Waals surface area (Å²) in [5, 5.41) is 43.8. The molecule has 0 bridgehead atoms. The first-order chi connectivity index (χ1) is 23.5. The van der Waals surface area contributed by atoms with Gasteiger partial charge in [-0.1, -0.05) is 38.8 Å². The molecule has 0 radical (unpaired) electrons. The molecule has 0 aromatic carbocycles. The van der Waals surface area contributed by atoms with E-state index in [0.717, 1.165) is 51.4 Å². The summed E-state index contributed by atoms with van der Waals surface area (Å²) in [7, 11) is 0. The Morgan fingerprint density at radius 1 is 0.640 bits per heavy atom. The normalized spacial score (nSPS) is 52.4. The number of fused-ring (bicyclic) bond motifs is 10. The molecule has 6 saturated carbocycles. The molecule has 0 aromatic heterocycles. The number of aliphatic hydroxyl groups is 4. The number of carbonyl (C=O) groups excluding carboxylic acids is 4. The molecule has 274 valence electrons. The van der Waals surface area contributed by atoms with Gasteiger partial charge in [0.25, 0.3) is 0 Å². The molecule has 50 heavy (non-hydrogen) atoms. The molecule has 0 heterocycles. The van der Waals surface area contributed by atoms with E-state index in [-0.39, 0.29) is 63.3 Å². The van der Waals surface area contributed by atoms with E-state index < -0.39 is 46.8 Å². The van der Waals surface area contributed by atoms with Crippen molar-refractivity contribution in [3.8, 4) is 0 Å². The minimum absolute atomic E-state index is 0.00213. The van der Waals surface area contributed by atoms with Crippen molar-refractivity contribution in [2.45, 2.75) is 135 Å². The lowest BCUT2D eigenvalue weighted by atomic mass is 9.31. The van der Waals surface area contributed by atoms with Crippen LogP contribution in [-0.2, 0) is 19.2 Å². The van der Waals surface area contributed by atoms with Crippen molar-refractivity contribution in [1.82, 2.24) is 0 Å². The third-order valence-corrected chi connectivity index (χ3v) is 18.5. The molecule has 8 aliphatic carbocycles. The second-order valence-corrected chi connectivity index (χ2v) is 19.2. The van der Waals surface area contributed by atoms with E-state index in [1.165, 1.54) is 11.1 Å². The maximum absolute atomic E-state index is 14.1. The standard InChI is InChI=1S/C42H58O8/c1-36-13-9-26(45)19-24(36)6-8-32-31-12-16-42(50,35(48)23-44)38(31,3)17-18-40(32,36)33-21-27(46)20-25-5-7-28-29-11-15-41(49,34(47)22-43)37(29,2)14-10-30(28)39(25,33)4/h19-20,28-33,43-44,49-50H,5-18,21-23H2,1-4H3/t28-,29-,30-,31-,32-,33?,36-,37-,38-,39-,40-,41-,42-/m0/s1. The molecule has 0 amide bonds. The molecule has 8 rings (SSSR count). The summed E-state index contributed by atoms with van der Waals surface area (Å²) in [6.07, 6.45) is 14.0. The maximum atomic E-state index is 14.1. The molecule has 8 nitrogen and oxygen atoms in total. The lowest BCUT2D eigenvalue weighted by molar-refractivity contribution is -0.220. The zero-order chi connectivity index (χ0) is 35.9. The number of aliphatic hydroxyl groups excluding tert-OH is 2. The van der Waals surface area contributed by atoms with E-state index in [0.29, 0.717) is 44.9 Å². The Kier molecular flexibility index (Phi) is 7.73. The van der Waals surface area contributed by atoms with Crippen molar-refractivity contribution < 1.29 is 39.6 Å². The predicted octanol–water partition coefficient (Wildman–Crippen LogP) is 5.23. The minimum atomic E-state index is -1.58. The number of rotatable bonds is 5. The number of carbonyl (C=O) groups is 4. The number of hydrogen-bond acceptors (Lipinski definition) is 8. The fourth-order valence-corrected chi connectivity index (χ4v) is 16.0. The summed E-state index contributed by atoms with van der Waals surface area (Å²) in [5.74, 6) is 0.259. The molecule has 0 spiro atoms. The highest BCUT2D eigenvalue weighted by molar-refractivity contribution is 5.93. The minimum Gasteiger partial charge on any atom is -0.388 e. The average Bonchev–Trinajstić information content (AvgIpc) is 3.54. The van der Waals surface area contributed by atoms with Gasteiger partial charge in [0.2, 0.25) is 0 Å². The van der Waals surface area contributed by atoms with E-state index in [1.54, 1.807) is 0 Å². The molecular weight excluding hydrogens is 632 g/mol. The van der Waals surface area contributed by atoms with E-state index >= 15 is 0 Å². The van der Waals surface area contributed by atoms with Crippen LogP contribution >= 0.6 is 0 Å². The van der Waals surface area contributed by atoms with E-state index in [9.17, 15) is 39.6 Å². The molecule has 13 atom stereocenters. The molecule has 0 aromatic rings. The highest BCUT2D eigenvalue weighted by atomic mass is 16.3. The van der Waals surface area contributed by atoms with E-state index in [1.807, 2.05) is 12.2 Å². The summed E-state index contributed by atoms with van der Waals surface area (Å²) in [6.45, 7) is 7.64. The molecule has 6 fully saturated rings. The summed E-state index contributed by atoms with van der Waals surface area (Å²) in [4.78, 5) is 53.4. The van der Waals surface area contributed by atoms with Crippen LogP contribution in [-0.4, -0.2) is 68.0 Å². The third-order valence-electron chi connectivity index (χ3n) is 18.5. The van der Waals surface area contributed by atoms with Crippen LogP contribution < -0.4 is 0 Å². The maximum Gasteiger partial charge on any atom is 0.190 e. The second-order valence-electron chi connectivity index (χ2n) is 19.2. The summed E-state index contributed by atoms with van der Waals surface area (Å²) in [5.41, 5.74) is -2.91. The first-order valence-electron chi connectivity index (χ1n) is 19.7. The van der Waals surface area contributed by atoms with Crippen LogP contribution in [0.3, 0.4) is 0 Å². The van der Waals surface area contributed by atoms with Crippen molar-refractivity contribution in [2.24, 2.45) is 62.6 Å². The Hall–Kier alpha value is -2.00. The van der Waals surface area contributed by atoms with Crippen molar-refractivity contribution in [3.63, 3.8) is 0 Å². The van der Waals surface area contributed by atoms with Crippen molar-refractivity contribution in [1.29, 1.82) is 0 Å². The van der Waals surface area contributed by atoms with E-state index in [2.05, 4.69) is 27.7 Å². The van der Waals surface area contributed by atoms with Crippen LogP contribution in [0.15, 0.2) is 23.3 Å². The Morgan fingerprint density at radius 3 is 1.88 bits per heavy atom. The average molecular weight is 691 g/mol. The van der Waals surface area contributed by atoms with Crippen LogP contribution in [0.5, 0.6) is 0 Å². The lowest BCUT2D eigenvalue weighted by Crippen LogP contribution is -2.68. The quantitative estimate of drug-likeness (QED) is 0.307. The lowest BCUT2D eigenvalue weighted by Gasteiger charge is -2.72. The SMILES string of the molecule is C[C@]12CCC(=O)C=C1CC[C@H]1[C@@H]3CC[C@](O)(C(=O)CO)[C@@]3(C)CC[C@@]12C1CC(=O)C=C2CC[C@H]3[C@@H]4CC[C@](O)(C(=O)CO)[C@@]4(C)CC[C@@H]3[C@]21C. The molecule has 1 unspecified atom stereocenters. The predicted molar refractivity (Wildman–Crippen MR) is 185 cm³/mol. The van der Waals surface area contributed by atoms with Gasteiger partial charge in [-0.05, 0) is 147 Å². The Balaban J connectivity index is 1.28. The van der Waals surface area contributed by atoms with Crippen molar-refractivity contribution in [3.05, 3.63) is 23.3 Å². The molecule has 8 aliphatic rings. The summed E-state index contributed by atoms with van der Waals surface area (Å²) < 4.78 is 0.